The molecule has 1 heterocycles. The zero-order chi connectivity index (χ0) is 6.69. The van der Waals surface area contributed by atoms with Crippen LogP contribution in [-0.2, 0) is 0 Å². The smallest absolute Gasteiger partial charge is 0.00400 e. The molecule has 0 amide bonds. The molecule has 1 nitrogen and oxygen atoms in total. The number of hydrogen-bond acceptors (Lipinski definition) is 0. The third-order valence-corrected chi connectivity index (χ3v) is 1.80. The van der Waals surface area contributed by atoms with E-state index < -0.39 is 0 Å². The first-order valence-corrected chi connectivity index (χ1v) is 3.47. The van der Waals surface area contributed by atoms with E-state index in [9.17, 15) is 0 Å². The van der Waals surface area contributed by atoms with Crippen LogP contribution in [0.2, 0.25) is 0 Å². The van der Waals surface area contributed by atoms with Gasteiger partial charge in [-0.3, -0.25) is 0 Å². The predicted octanol–water partition coefficient (Wildman–Crippen LogP) is 2.53. The average Bonchev–Trinajstić information content (AvgIpc) is 2.37. The zero-order valence-corrected chi connectivity index (χ0v) is 6.02. The summed E-state index contributed by atoms with van der Waals surface area (Å²) >= 11 is 0. The Morgan fingerprint density at radius 1 is 1.67 bits per heavy atom. The van der Waals surface area contributed by atoms with Crippen LogP contribution >= 0.6 is 0 Å². The zero-order valence-electron chi connectivity index (χ0n) is 6.02. The van der Waals surface area contributed by atoms with E-state index in [-0.39, 0.29) is 0 Å². The Kier molecular flexibility index (Phi) is 1.93. The summed E-state index contributed by atoms with van der Waals surface area (Å²) in [6, 6.07) is 2.13. The minimum Gasteiger partial charge on any atom is -0.367 e. The molecule has 1 rings (SSSR count). The van der Waals surface area contributed by atoms with E-state index in [1.807, 2.05) is 6.20 Å². The third kappa shape index (κ3) is 1.35. The quantitative estimate of drug-likeness (QED) is 0.622. The fourth-order valence-corrected chi connectivity index (χ4v) is 0.879. The maximum Gasteiger partial charge on any atom is 0.00400 e. The molecule has 0 fully saturated rings. The molecule has 1 heteroatoms. The molecule has 0 radical (unpaired) electrons. The van der Waals surface area contributed by atoms with Gasteiger partial charge in [0.05, 0.1) is 0 Å². The molecule has 1 atom stereocenters. The molecule has 0 aliphatic rings. The van der Waals surface area contributed by atoms with Crippen LogP contribution in [0.1, 0.15) is 31.7 Å². The second-order valence-electron chi connectivity index (χ2n) is 2.45. The van der Waals surface area contributed by atoms with Crippen molar-refractivity contribution in [1.29, 1.82) is 0 Å². The minimum atomic E-state index is 0.705. The first-order valence-electron chi connectivity index (χ1n) is 3.47. The van der Waals surface area contributed by atoms with E-state index in [0.717, 1.165) is 0 Å². The predicted molar refractivity (Wildman–Crippen MR) is 39.5 cm³/mol. The van der Waals surface area contributed by atoms with Crippen molar-refractivity contribution in [1.82, 2.24) is 4.98 Å². The SMILES string of the molecule is CC[C@@H](C)c1cc[nH]c1. The summed E-state index contributed by atoms with van der Waals surface area (Å²) in [6.07, 6.45) is 5.26. The van der Waals surface area contributed by atoms with Gasteiger partial charge in [-0.05, 0) is 24.0 Å². The Bertz CT molecular complexity index is 153. The van der Waals surface area contributed by atoms with E-state index in [4.69, 9.17) is 0 Å². The first-order chi connectivity index (χ1) is 4.34. The molecule has 0 saturated heterocycles. The van der Waals surface area contributed by atoms with E-state index in [1.54, 1.807) is 0 Å². The molecule has 0 saturated carbocycles. The Balaban J connectivity index is 2.65. The monoisotopic (exact) mass is 123 g/mol. The molecule has 1 aromatic rings. The third-order valence-electron chi connectivity index (χ3n) is 1.80. The molecule has 9 heavy (non-hydrogen) atoms. The van der Waals surface area contributed by atoms with Gasteiger partial charge in [0.15, 0.2) is 0 Å². The number of hydrogen-bond donors (Lipinski definition) is 1. The Hall–Kier alpha value is -0.720. The van der Waals surface area contributed by atoms with Gasteiger partial charge in [0, 0.05) is 12.4 Å². The van der Waals surface area contributed by atoms with E-state index in [0.29, 0.717) is 5.92 Å². The van der Waals surface area contributed by atoms with Crippen molar-refractivity contribution in [3.8, 4) is 0 Å². The molecule has 50 valence electrons. The maximum atomic E-state index is 3.04. The highest BCUT2D eigenvalue weighted by molar-refractivity contribution is 5.12. The van der Waals surface area contributed by atoms with Crippen LogP contribution in [0.25, 0.3) is 0 Å². The number of aromatic nitrogens is 1. The average molecular weight is 123 g/mol. The fraction of sp³-hybridized carbons (Fsp3) is 0.500. The molecular weight excluding hydrogens is 110 g/mol. The van der Waals surface area contributed by atoms with Crippen molar-refractivity contribution >= 4 is 0 Å². The van der Waals surface area contributed by atoms with E-state index >= 15 is 0 Å². The molecule has 0 aliphatic heterocycles. The number of rotatable bonds is 2. The lowest BCUT2D eigenvalue weighted by molar-refractivity contribution is 0.735. The minimum absolute atomic E-state index is 0.705. The van der Waals surface area contributed by atoms with Crippen LogP contribution < -0.4 is 0 Å². The Morgan fingerprint density at radius 3 is 2.89 bits per heavy atom. The lowest BCUT2D eigenvalue weighted by Crippen LogP contribution is -1.86. The van der Waals surface area contributed by atoms with Crippen molar-refractivity contribution in [2.45, 2.75) is 26.2 Å². The van der Waals surface area contributed by atoms with Crippen LogP contribution in [0.15, 0.2) is 18.5 Å². The summed E-state index contributed by atoms with van der Waals surface area (Å²) in [4.78, 5) is 3.04. The van der Waals surface area contributed by atoms with Crippen molar-refractivity contribution in [3.05, 3.63) is 24.0 Å². The van der Waals surface area contributed by atoms with Gasteiger partial charge >= 0.3 is 0 Å². The molecule has 0 unspecified atom stereocenters. The molecule has 0 aliphatic carbocycles. The van der Waals surface area contributed by atoms with Crippen molar-refractivity contribution in [2.75, 3.05) is 0 Å². The van der Waals surface area contributed by atoms with Crippen LogP contribution in [0.4, 0.5) is 0 Å². The second-order valence-corrected chi connectivity index (χ2v) is 2.45. The van der Waals surface area contributed by atoms with Crippen LogP contribution in [0.5, 0.6) is 0 Å². The largest absolute Gasteiger partial charge is 0.367 e. The Morgan fingerprint density at radius 2 is 2.44 bits per heavy atom. The van der Waals surface area contributed by atoms with Gasteiger partial charge in [-0.15, -0.1) is 0 Å². The fourth-order valence-electron chi connectivity index (χ4n) is 0.879. The number of H-pyrrole nitrogens is 1. The standard InChI is InChI=1S/C8H13N/c1-3-7(2)8-4-5-9-6-8/h4-7,9H,3H2,1-2H3/t7-/m1/s1. The summed E-state index contributed by atoms with van der Waals surface area (Å²) in [5.41, 5.74) is 1.41. The highest BCUT2D eigenvalue weighted by atomic mass is 14.6. The topological polar surface area (TPSA) is 15.8 Å². The molecule has 1 aromatic heterocycles. The molecule has 1 N–H and O–H groups in total. The van der Waals surface area contributed by atoms with Crippen LogP contribution in [-0.4, -0.2) is 4.98 Å². The molecule has 0 aromatic carbocycles. The highest BCUT2D eigenvalue weighted by Crippen LogP contribution is 2.16. The summed E-state index contributed by atoms with van der Waals surface area (Å²) in [5, 5.41) is 0. The van der Waals surface area contributed by atoms with Crippen LogP contribution in [0.3, 0.4) is 0 Å². The normalized spacial score (nSPS) is 13.6. The molecular formula is C8H13N. The summed E-state index contributed by atoms with van der Waals surface area (Å²) in [7, 11) is 0. The maximum absolute atomic E-state index is 3.04. The Labute approximate surface area is 56.1 Å². The van der Waals surface area contributed by atoms with E-state index in [2.05, 4.69) is 31.1 Å². The summed E-state index contributed by atoms with van der Waals surface area (Å²) < 4.78 is 0. The second kappa shape index (κ2) is 2.72. The van der Waals surface area contributed by atoms with Gasteiger partial charge in [-0.25, -0.2) is 0 Å². The summed E-state index contributed by atoms with van der Waals surface area (Å²) in [5.74, 6) is 0.705. The van der Waals surface area contributed by atoms with Gasteiger partial charge in [-0.2, -0.15) is 0 Å². The van der Waals surface area contributed by atoms with Crippen LogP contribution in [0, 0.1) is 0 Å². The van der Waals surface area contributed by atoms with Gasteiger partial charge in [0.2, 0.25) is 0 Å². The van der Waals surface area contributed by atoms with Crippen molar-refractivity contribution in [2.24, 2.45) is 0 Å². The lowest BCUT2D eigenvalue weighted by Gasteiger charge is -2.02. The molecule has 0 bridgehead atoms. The summed E-state index contributed by atoms with van der Waals surface area (Å²) in [6.45, 7) is 4.45. The lowest BCUT2D eigenvalue weighted by atomic mass is 10.0. The number of nitrogens with one attached hydrogen (secondary N) is 1. The van der Waals surface area contributed by atoms with Gasteiger partial charge < -0.3 is 4.98 Å². The van der Waals surface area contributed by atoms with Crippen molar-refractivity contribution < 1.29 is 0 Å². The van der Waals surface area contributed by atoms with Gasteiger partial charge in [-0.1, -0.05) is 13.8 Å². The first kappa shape index (κ1) is 6.40. The highest BCUT2D eigenvalue weighted by Gasteiger charge is 2.00. The van der Waals surface area contributed by atoms with Gasteiger partial charge in [0.1, 0.15) is 0 Å². The van der Waals surface area contributed by atoms with Gasteiger partial charge in [0.25, 0.3) is 0 Å². The van der Waals surface area contributed by atoms with Crippen molar-refractivity contribution in [3.63, 3.8) is 0 Å². The number of aromatic amines is 1. The van der Waals surface area contributed by atoms with E-state index in [1.165, 1.54) is 12.0 Å². The molecule has 0 spiro atoms.